The molecule has 1 saturated heterocycles. The van der Waals surface area contributed by atoms with Crippen LogP contribution in [0.15, 0.2) is 24.3 Å². The van der Waals surface area contributed by atoms with Crippen molar-refractivity contribution in [2.75, 3.05) is 19.6 Å². The van der Waals surface area contributed by atoms with Crippen molar-refractivity contribution in [1.29, 1.82) is 0 Å². The molecular formula is C13H17ClN2O. The number of carbonyl (C=O) groups is 1. The van der Waals surface area contributed by atoms with Crippen LogP contribution in [-0.4, -0.2) is 36.5 Å². The second-order valence-electron chi connectivity index (χ2n) is 4.42. The Morgan fingerprint density at radius 1 is 1.41 bits per heavy atom. The lowest BCUT2D eigenvalue weighted by molar-refractivity contribution is 0.0766. The molecule has 0 spiro atoms. The van der Waals surface area contributed by atoms with Crippen LogP contribution in [0.5, 0.6) is 0 Å². The van der Waals surface area contributed by atoms with Gasteiger partial charge in [-0.15, -0.1) is 0 Å². The van der Waals surface area contributed by atoms with Crippen LogP contribution in [0.4, 0.5) is 0 Å². The Labute approximate surface area is 107 Å². The van der Waals surface area contributed by atoms with Gasteiger partial charge in [-0.25, -0.2) is 0 Å². The summed E-state index contributed by atoms with van der Waals surface area (Å²) in [6.45, 7) is 4.52. The standard InChI is InChI=1S/C13H17ClN2O/c1-10-6-8-16(9-7-15-10)13(17)11-4-2-3-5-12(11)14/h2-5,10,15H,6-9H2,1H3. The third-order valence-corrected chi connectivity index (χ3v) is 3.43. The van der Waals surface area contributed by atoms with Crippen molar-refractivity contribution in [1.82, 2.24) is 10.2 Å². The average molecular weight is 253 g/mol. The van der Waals surface area contributed by atoms with Crippen molar-refractivity contribution in [2.24, 2.45) is 0 Å². The van der Waals surface area contributed by atoms with E-state index in [9.17, 15) is 4.79 Å². The lowest BCUT2D eigenvalue weighted by Crippen LogP contribution is -2.34. The number of rotatable bonds is 1. The van der Waals surface area contributed by atoms with Crippen molar-refractivity contribution >= 4 is 17.5 Å². The molecule has 17 heavy (non-hydrogen) atoms. The maximum absolute atomic E-state index is 12.3. The summed E-state index contributed by atoms with van der Waals surface area (Å²) < 4.78 is 0. The van der Waals surface area contributed by atoms with E-state index >= 15 is 0 Å². The van der Waals surface area contributed by atoms with Gasteiger partial charge in [-0.3, -0.25) is 4.79 Å². The second kappa shape index (κ2) is 5.52. The Kier molecular flexibility index (Phi) is 4.02. The second-order valence-corrected chi connectivity index (χ2v) is 4.82. The minimum absolute atomic E-state index is 0.0338. The van der Waals surface area contributed by atoms with E-state index in [0.29, 0.717) is 16.6 Å². The molecule has 1 heterocycles. The number of halogens is 1. The SMILES string of the molecule is CC1CCN(C(=O)c2ccccc2Cl)CCN1. The fourth-order valence-corrected chi connectivity index (χ4v) is 2.23. The molecule has 1 unspecified atom stereocenters. The van der Waals surface area contributed by atoms with Crippen molar-refractivity contribution < 1.29 is 4.79 Å². The van der Waals surface area contributed by atoms with Crippen LogP contribution in [0.1, 0.15) is 23.7 Å². The van der Waals surface area contributed by atoms with Gasteiger partial charge < -0.3 is 10.2 Å². The molecule has 2 rings (SSSR count). The highest BCUT2D eigenvalue weighted by atomic mass is 35.5. The molecule has 1 N–H and O–H groups in total. The highest BCUT2D eigenvalue weighted by Crippen LogP contribution is 2.17. The zero-order chi connectivity index (χ0) is 12.3. The number of benzene rings is 1. The molecule has 1 aromatic rings. The number of amides is 1. The van der Waals surface area contributed by atoms with Gasteiger partial charge in [-0.05, 0) is 25.5 Å². The van der Waals surface area contributed by atoms with E-state index in [-0.39, 0.29) is 5.91 Å². The molecule has 92 valence electrons. The van der Waals surface area contributed by atoms with Crippen LogP contribution in [0.3, 0.4) is 0 Å². The Bertz CT molecular complexity index is 408. The summed E-state index contributed by atoms with van der Waals surface area (Å²) in [7, 11) is 0. The zero-order valence-corrected chi connectivity index (χ0v) is 10.7. The first-order chi connectivity index (χ1) is 8.18. The van der Waals surface area contributed by atoms with E-state index in [1.807, 2.05) is 17.0 Å². The van der Waals surface area contributed by atoms with Gasteiger partial charge in [-0.2, -0.15) is 0 Å². The molecule has 1 atom stereocenters. The summed E-state index contributed by atoms with van der Waals surface area (Å²) in [5, 5.41) is 3.90. The summed E-state index contributed by atoms with van der Waals surface area (Å²) in [5.74, 6) is 0.0338. The number of hydrogen-bond acceptors (Lipinski definition) is 2. The average Bonchev–Trinajstić information content (AvgIpc) is 2.54. The van der Waals surface area contributed by atoms with Gasteiger partial charge in [0.2, 0.25) is 0 Å². The highest BCUT2D eigenvalue weighted by molar-refractivity contribution is 6.33. The molecule has 1 aromatic carbocycles. The Morgan fingerprint density at radius 2 is 2.18 bits per heavy atom. The predicted molar refractivity (Wildman–Crippen MR) is 69.4 cm³/mol. The van der Waals surface area contributed by atoms with Crippen LogP contribution < -0.4 is 5.32 Å². The molecular weight excluding hydrogens is 236 g/mol. The largest absolute Gasteiger partial charge is 0.337 e. The van der Waals surface area contributed by atoms with Gasteiger partial charge in [0, 0.05) is 25.7 Å². The van der Waals surface area contributed by atoms with Crippen LogP contribution in [0.2, 0.25) is 5.02 Å². The number of carbonyl (C=O) groups excluding carboxylic acids is 1. The Hall–Kier alpha value is -1.06. The summed E-state index contributed by atoms with van der Waals surface area (Å²) in [6, 6.07) is 7.70. The van der Waals surface area contributed by atoms with E-state index < -0.39 is 0 Å². The Morgan fingerprint density at radius 3 is 2.94 bits per heavy atom. The molecule has 0 radical (unpaired) electrons. The minimum atomic E-state index is 0.0338. The van der Waals surface area contributed by atoms with E-state index in [0.717, 1.165) is 26.1 Å². The topological polar surface area (TPSA) is 32.3 Å². The lowest BCUT2D eigenvalue weighted by Gasteiger charge is -2.20. The zero-order valence-electron chi connectivity index (χ0n) is 9.95. The number of nitrogens with zero attached hydrogens (tertiary/aromatic N) is 1. The minimum Gasteiger partial charge on any atom is -0.337 e. The molecule has 0 aromatic heterocycles. The summed E-state index contributed by atoms with van der Waals surface area (Å²) in [5.41, 5.74) is 0.601. The first-order valence-corrected chi connectivity index (χ1v) is 6.33. The maximum Gasteiger partial charge on any atom is 0.255 e. The molecule has 4 heteroatoms. The van der Waals surface area contributed by atoms with Crippen LogP contribution >= 0.6 is 11.6 Å². The van der Waals surface area contributed by atoms with Gasteiger partial charge in [-0.1, -0.05) is 23.7 Å². The first kappa shape index (κ1) is 12.4. The van der Waals surface area contributed by atoms with Gasteiger partial charge in [0.1, 0.15) is 0 Å². The predicted octanol–water partition coefficient (Wildman–Crippen LogP) is 2.16. The van der Waals surface area contributed by atoms with E-state index in [2.05, 4.69) is 12.2 Å². The smallest absolute Gasteiger partial charge is 0.255 e. The maximum atomic E-state index is 12.3. The van der Waals surface area contributed by atoms with Crippen LogP contribution in [-0.2, 0) is 0 Å². The van der Waals surface area contributed by atoms with Gasteiger partial charge in [0.05, 0.1) is 10.6 Å². The van der Waals surface area contributed by atoms with Crippen LogP contribution in [0, 0.1) is 0 Å². The van der Waals surface area contributed by atoms with E-state index in [4.69, 9.17) is 11.6 Å². The first-order valence-electron chi connectivity index (χ1n) is 5.95. The monoisotopic (exact) mass is 252 g/mol. The number of nitrogens with one attached hydrogen (secondary N) is 1. The molecule has 1 aliphatic rings. The van der Waals surface area contributed by atoms with Gasteiger partial charge in [0.15, 0.2) is 0 Å². The molecule has 0 bridgehead atoms. The highest BCUT2D eigenvalue weighted by Gasteiger charge is 2.20. The third kappa shape index (κ3) is 2.99. The van der Waals surface area contributed by atoms with Crippen molar-refractivity contribution in [3.8, 4) is 0 Å². The Balaban J connectivity index is 2.12. The quantitative estimate of drug-likeness (QED) is 0.831. The van der Waals surface area contributed by atoms with Crippen LogP contribution in [0.25, 0.3) is 0 Å². The normalized spacial score (nSPS) is 21.1. The molecule has 1 amide bonds. The number of hydrogen-bond donors (Lipinski definition) is 1. The van der Waals surface area contributed by atoms with Crippen molar-refractivity contribution in [2.45, 2.75) is 19.4 Å². The van der Waals surface area contributed by atoms with Gasteiger partial charge >= 0.3 is 0 Å². The summed E-state index contributed by atoms with van der Waals surface area (Å²) in [6.07, 6.45) is 0.982. The summed E-state index contributed by atoms with van der Waals surface area (Å²) in [4.78, 5) is 14.2. The van der Waals surface area contributed by atoms with Crippen molar-refractivity contribution in [3.05, 3.63) is 34.9 Å². The van der Waals surface area contributed by atoms with Crippen molar-refractivity contribution in [3.63, 3.8) is 0 Å². The molecule has 3 nitrogen and oxygen atoms in total. The molecule has 0 aliphatic carbocycles. The van der Waals surface area contributed by atoms with Gasteiger partial charge in [0.25, 0.3) is 5.91 Å². The molecule has 1 fully saturated rings. The van der Waals surface area contributed by atoms with E-state index in [1.165, 1.54) is 0 Å². The van der Waals surface area contributed by atoms with E-state index in [1.54, 1.807) is 12.1 Å². The fraction of sp³-hybridized carbons (Fsp3) is 0.462. The lowest BCUT2D eigenvalue weighted by atomic mass is 10.2. The summed E-state index contributed by atoms with van der Waals surface area (Å²) >= 11 is 6.04. The third-order valence-electron chi connectivity index (χ3n) is 3.10. The molecule has 1 aliphatic heterocycles. The fourth-order valence-electron chi connectivity index (χ4n) is 2.02. The molecule has 0 saturated carbocycles.